The molecule has 0 radical (unpaired) electrons. The third kappa shape index (κ3) is 3.85. The Morgan fingerprint density at radius 3 is 2.76 bits per heavy atom. The Kier molecular flexibility index (Phi) is 4.69. The summed E-state index contributed by atoms with van der Waals surface area (Å²) in [5, 5.41) is 13.2. The monoisotopic (exact) mass is 239 g/mol. The van der Waals surface area contributed by atoms with E-state index < -0.39 is 5.60 Å². The van der Waals surface area contributed by atoms with Crippen molar-refractivity contribution in [1.29, 1.82) is 0 Å². The second-order valence-electron chi connectivity index (χ2n) is 4.46. The Labute approximate surface area is 102 Å². The van der Waals surface area contributed by atoms with E-state index >= 15 is 0 Å². The van der Waals surface area contributed by atoms with Crippen LogP contribution in [-0.4, -0.2) is 34.3 Å². The van der Waals surface area contributed by atoms with Gasteiger partial charge in [-0.25, -0.2) is 9.97 Å². The third-order valence-electron chi connectivity index (χ3n) is 2.66. The minimum Gasteiger partial charge on any atom is -0.481 e. The molecule has 0 saturated heterocycles. The Morgan fingerprint density at radius 1 is 1.47 bits per heavy atom. The highest BCUT2D eigenvalue weighted by molar-refractivity contribution is 5.47. The molecule has 17 heavy (non-hydrogen) atoms. The molecule has 2 N–H and O–H groups in total. The first-order valence-electron chi connectivity index (χ1n) is 5.82. The van der Waals surface area contributed by atoms with E-state index in [0.717, 1.165) is 18.4 Å². The van der Waals surface area contributed by atoms with Gasteiger partial charge in [-0.15, -0.1) is 0 Å². The molecule has 0 saturated carbocycles. The fraction of sp³-hybridized carbons (Fsp3) is 0.667. The van der Waals surface area contributed by atoms with E-state index in [-0.39, 0.29) is 0 Å². The highest BCUT2D eigenvalue weighted by Gasteiger charge is 2.19. The molecule has 1 atom stereocenters. The average molecular weight is 239 g/mol. The van der Waals surface area contributed by atoms with Crippen LogP contribution in [0.4, 0.5) is 5.82 Å². The van der Waals surface area contributed by atoms with Crippen molar-refractivity contribution in [2.24, 2.45) is 0 Å². The van der Waals surface area contributed by atoms with Gasteiger partial charge in [-0.05, 0) is 20.3 Å². The molecule has 1 aromatic heterocycles. The summed E-state index contributed by atoms with van der Waals surface area (Å²) in [5.41, 5.74) is 0.127. The summed E-state index contributed by atoms with van der Waals surface area (Å²) in [6.07, 6.45) is 3.14. The molecule has 1 unspecified atom stereocenters. The van der Waals surface area contributed by atoms with Gasteiger partial charge in [0, 0.05) is 6.54 Å². The summed E-state index contributed by atoms with van der Waals surface area (Å²) in [7, 11) is 1.58. The van der Waals surface area contributed by atoms with Crippen LogP contribution in [0.1, 0.15) is 32.3 Å². The van der Waals surface area contributed by atoms with Crippen molar-refractivity contribution < 1.29 is 9.84 Å². The minimum absolute atomic E-state index is 0.460. The molecule has 0 spiro atoms. The van der Waals surface area contributed by atoms with Crippen molar-refractivity contribution in [2.75, 3.05) is 19.0 Å². The van der Waals surface area contributed by atoms with Crippen molar-refractivity contribution in [3.63, 3.8) is 0 Å². The molecule has 0 fully saturated rings. The molecule has 5 nitrogen and oxygen atoms in total. The zero-order chi connectivity index (χ0) is 12.9. The number of hydrogen-bond acceptors (Lipinski definition) is 5. The normalized spacial score (nSPS) is 14.2. The SMILES string of the molecule is CCCC(C)(O)CNc1ncnc(OC)c1C. The predicted octanol–water partition coefficient (Wildman–Crippen LogP) is 1.76. The molecule has 5 heteroatoms. The van der Waals surface area contributed by atoms with Crippen molar-refractivity contribution >= 4 is 5.82 Å². The Balaban J connectivity index is 2.69. The molecule has 0 amide bonds. The first kappa shape index (κ1) is 13.7. The van der Waals surface area contributed by atoms with Crippen molar-refractivity contribution in [1.82, 2.24) is 9.97 Å². The van der Waals surface area contributed by atoms with Crippen molar-refractivity contribution in [3.8, 4) is 5.88 Å². The average Bonchev–Trinajstić information content (AvgIpc) is 2.28. The molecule has 1 aromatic rings. The quantitative estimate of drug-likeness (QED) is 0.791. The summed E-state index contributed by atoms with van der Waals surface area (Å²) in [5.74, 6) is 1.26. The Bertz CT molecular complexity index is 367. The Hall–Kier alpha value is -1.36. The van der Waals surface area contributed by atoms with E-state index in [1.165, 1.54) is 6.33 Å². The van der Waals surface area contributed by atoms with Crippen molar-refractivity contribution in [3.05, 3.63) is 11.9 Å². The maximum absolute atomic E-state index is 10.1. The molecule has 1 rings (SSSR count). The van der Waals surface area contributed by atoms with Crippen molar-refractivity contribution in [2.45, 2.75) is 39.2 Å². The van der Waals surface area contributed by atoms with Gasteiger partial charge in [0.1, 0.15) is 12.1 Å². The molecular weight excluding hydrogens is 218 g/mol. The number of rotatable bonds is 6. The standard InChI is InChI=1S/C12H21N3O2/c1-5-6-12(3,16)7-13-10-9(2)11(17-4)15-8-14-10/h8,16H,5-7H2,1-4H3,(H,13,14,15). The van der Waals surface area contributed by atoms with Gasteiger partial charge >= 0.3 is 0 Å². The molecule has 0 aliphatic heterocycles. The number of hydrogen-bond donors (Lipinski definition) is 2. The number of anilines is 1. The van der Waals surface area contributed by atoms with Crippen LogP contribution >= 0.6 is 0 Å². The Morgan fingerprint density at radius 2 is 2.18 bits per heavy atom. The first-order chi connectivity index (χ1) is 8.00. The lowest BCUT2D eigenvalue weighted by Crippen LogP contribution is -2.33. The largest absolute Gasteiger partial charge is 0.481 e. The number of ether oxygens (including phenoxy) is 1. The van der Waals surface area contributed by atoms with Gasteiger partial charge in [0.25, 0.3) is 0 Å². The van der Waals surface area contributed by atoms with E-state index in [9.17, 15) is 5.11 Å². The number of aliphatic hydroxyl groups is 1. The molecule has 0 aliphatic rings. The van der Waals surface area contributed by atoms with Gasteiger partial charge in [0.15, 0.2) is 0 Å². The number of methoxy groups -OCH3 is 1. The first-order valence-corrected chi connectivity index (χ1v) is 5.82. The fourth-order valence-corrected chi connectivity index (χ4v) is 1.72. The van der Waals surface area contributed by atoms with Crippen LogP contribution in [0.3, 0.4) is 0 Å². The summed E-state index contributed by atoms with van der Waals surface area (Å²) in [6, 6.07) is 0. The van der Waals surface area contributed by atoms with Crippen LogP contribution in [0.25, 0.3) is 0 Å². The second-order valence-corrected chi connectivity index (χ2v) is 4.46. The summed E-state index contributed by atoms with van der Waals surface area (Å²) >= 11 is 0. The lowest BCUT2D eigenvalue weighted by atomic mass is 10.0. The van der Waals surface area contributed by atoms with Crippen LogP contribution in [0.5, 0.6) is 5.88 Å². The van der Waals surface area contributed by atoms with Crippen LogP contribution in [0.2, 0.25) is 0 Å². The van der Waals surface area contributed by atoms with Crippen LogP contribution in [-0.2, 0) is 0 Å². The summed E-state index contributed by atoms with van der Waals surface area (Å²) in [4.78, 5) is 8.14. The van der Waals surface area contributed by atoms with E-state index in [4.69, 9.17) is 4.74 Å². The lowest BCUT2D eigenvalue weighted by Gasteiger charge is -2.23. The van der Waals surface area contributed by atoms with E-state index in [2.05, 4.69) is 15.3 Å². The maximum atomic E-state index is 10.1. The molecular formula is C12H21N3O2. The van der Waals surface area contributed by atoms with E-state index in [0.29, 0.717) is 18.2 Å². The number of nitrogens with zero attached hydrogens (tertiary/aromatic N) is 2. The van der Waals surface area contributed by atoms with Gasteiger partial charge in [-0.3, -0.25) is 0 Å². The highest BCUT2D eigenvalue weighted by Crippen LogP contribution is 2.21. The van der Waals surface area contributed by atoms with Gasteiger partial charge in [0.2, 0.25) is 5.88 Å². The lowest BCUT2D eigenvalue weighted by molar-refractivity contribution is 0.0636. The second kappa shape index (κ2) is 5.82. The van der Waals surface area contributed by atoms with Gasteiger partial charge < -0.3 is 15.2 Å². The molecule has 96 valence electrons. The van der Waals surface area contributed by atoms with Crippen LogP contribution < -0.4 is 10.1 Å². The zero-order valence-electron chi connectivity index (χ0n) is 10.9. The fourth-order valence-electron chi connectivity index (χ4n) is 1.72. The van der Waals surface area contributed by atoms with Crippen LogP contribution in [0.15, 0.2) is 6.33 Å². The minimum atomic E-state index is -0.723. The smallest absolute Gasteiger partial charge is 0.221 e. The molecule has 0 aromatic carbocycles. The third-order valence-corrected chi connectivity index (χ3v) is 2.66. The number of aromatic nitrogens is 2. The molecule has 0 aliphatic carbocycles. The van der Waals surface area contributed by atoms with E-state index in [1.54, 1.807) is 7.11 Å². The van der Waals surface area contributed by atoms with Gasteiger partial charge in [-0.1, -0.05) is 13.3 Å². The number of nitrogens with one attached hydrogen (secondary N) is 1. The zero-order valence-corrected chi connectivity index (χ0v) is 10.9. The van der Waals surface area contributed by atoms with E-state index in [1.807, 2.05) is 20.8 Å². The maximum Gasteiger partial charge on any atom is 0.221 e. The topological polar surface area (TPSA) is 67.3 Å². The van der Waals surface area contributed by atoms with Crippen LogP contribution in [0, 0.1) is 6.92 Å². The summed E-state index contributed by atoms with van der Waals surface area (Å²) in [6.45, 7) is 6.21. The highest BCUT2D eigenvalue weighted by atomic mass is 16.5. The molecule has 1 heterocycles. The van der Waals surface area contributed by atoms with Gasteiger partial charge in [-0.2, -0.15) is 0 Å². The predicted molar refractivity (Wildman–Crippen MR) is 67.3 cm³/mol. The van der Waals surface area contributed by atoms with Gasteiger partial charge in [0.05, 0.1) is 18.3 Å². The molecule has 0 bridgehead atoms. The summed E-state index contributed by atoms with van der Waals surface area (Å²) < 4.78 is 5.11.